The first-order chi connectivity index (χ1) is 15.6. The van der Waals surface area contributed by atoms with Gasteiger partial charge in [0, 0.05) is 27.9 Å². The lowest BCUT2D eigenvalue weighted by molar-refractivity contribution is -0.113. The van der Waals surface area contributed by atoms with Crippen molar-refractivity contribution >= 4 is 44.9 Å². The number of ether oxygens (including phenoxy) is 2. The molecule has 0 unspecified atom stereocenters. The summed E-state index contributed by atoms with van der Waals surface area (Å²) in [5.41, 5.74) is 2.13. The highest BCUT2D eigenvalue weighted by Gasteiger charge is 2.30. The summed E-state index contributed by atoms with van der Waals surface area (Å²) in [4.78, 5) is 25.2. The van der Waals surface area contributed by atoms with Crippen molar-refractivity contribution in [2.45, 2.75) is 50.0 Å². The van der Waals surface area contributed by atoms with Crippen molar-refractivity contribution in [2.75, 3.05) is 24.3 Å². The summed E-state index contributed by atoms with van der Waals surface area (Å²) in [5.74, 6) is 3.82. The number of hydrogen-bond acceptors (Lipinski definition) is 7. The molecular formula is C24H25N3O3S2. The Labute approximate surface area is 195 Å². The predicted octanol–water partition coefficient (Wildman–Crippen LogP) is 5.20. The molecule has 1 atom stereocenters. The van der Waals surface area contributed by atoms with E-state index in [1.807, 2.05) is 29.5 Å². The third-order valence-corrected chi connectivity index (χ3v) is 8.37. The zero-order chi connectivity index (χ0) is 21.7. The minimum atomic E-state index is -0.0517. The smallest absolute Gasteiger partial charge is 0.234 e. The van der Waals surface area contributed by atoms with Crippen molar-refractivity contribution in [3.63, 3.8) is 0 Å². The summed E-state index contributed by atoms with van der Waals surface area (Å²) < 4.78 is 11.2. The van der Waals surface area contributed by atoms with E-state index in [1.165, 1.54) is 46.9 Å². The van der Waals surface area contributed by atoms with Crippen molar-refractivity contribution in [1.29, 1.82) is 0 Å². The monoisotopic (exact) mass is 467 g/mol. The molecule has 166 valence electrons. The van der Waals surface area contributed by atoms with Gasteiger partial charge in [-0.05, 0) is 55.7 Å². The second kappa shape index (κ2) is 8.23. The van der Waals surface area contributed by atoms with Crippen molar-refractivity contribution in [1.82, 2.24) is 9.97 Å². The van der Waals surface area contributed by atoms with Gasteiger partial charge in [-0.2, -0.15) is 0 Å². The predicted molar refractivity (Wildman–Crippen MR) is 127 cm³/mol. The van der Waals surface area contributed by atoms with Gasteiger partial charge in [-0.15, -0.1) is 11.3 Å². The van der Waals surface area contributed by atoms with Gasteiger partial charge in [0.1, 0.15) is 28.9 Å². The minimum Gasteiger partial charge on any atom is -0.486 e. The quantitative estimate of drug-likeness (QED) is 0.411. The molecule has 1 fully saturated rings. The van der Waals surface area contributed by atoms with E-state index in [-0.39, 0.29) is 5.91 Å². The molecule has 6 nitrogen and oxygen atoms in total. The Morgan fingerprint density at radius 1 is 1.19 bits per heavy atom. The summed E-state index contributed by atoms with van der Waals surface area (Å²) in [6.45, 7) is 3.40. The van der Waals surface area contributed by atoms with Gasteiger partial charge in [-0.1, -0.05) is 18.7 Å². The molecule has 1 amide bonds. The van der Waals surface area contributed by atoms with Crippen molar-refractivity contribution in [3.8, 4) is 11.5 Å². The van der Waals surface area contributed by atoms with Crippen LogP contribution in [0.2, 0.25) is 0 Å². The number of nitrogens with one attached hydrogen (secondary N) is 1. The van der Waals surface area contributed by atoms with E-state index in [9.17, 15) is 4.79 Å². The number of hydrogen-bond donors (Lipinski definition) is 1. The number of carbonyl (C=O) groups is 1. The van der Waals surface area contributed by atoms with Gasteiger partial charge in [-0.25, -0.2) is 9.97 Å². The lowest BCUT2D eigenvalue weighted by atomic mass is 9.89. The lowest BCUT2D eigenvalue weighted by Gasteiger charge is -2.19. The largest absolute Gasteiger partial charge is 0.486 e. The van der Waals surface area contributed by atoms with Crippen LogP contribution in [0, 0.1) is 5.92 Å². The molecule has 32 heavy (non-hydrogen) atoms. The number of thiophene rings is 1. The summed E-state index contributed by atoms with van der Waals surface area (Å²) in [5, 5.41) is 5.15. The Balaban J connectivity index is 1.23. The third kappa shape index (κ3) is 3.94. The lowest BCUT2D eigenvalue weighted by Crippen LogP contribution is -2.17. The Morgan fingerprint density at radius 2 is 2.03 bits per heavy atom. The van der Waals surface area contributed by atoms with Crippen LogP contribution in [0.3, 0.4) is 0 Å². The van der Waals surface area contributed by atoms with Crippen LogP contribution < -0.4 is 14.8 Å². The first kappa shape index (κ1) is 20.3. The van der Waals surface area contributed by atoms with Crippen molar-refractivity contribution in [3.05, 3.63) is 34.5 Å². The zero-order valence-corrected chi connectivity index (χ0v) is 19.6. The van der Waals surface area contributed by atoms with Gasteiger partial charge in [0.2, 0.25) is 5.91 Å². The maximum absolute atomic E-state index is 12.7. The summed E-state index contributed by atoms with van der Waals surface area (Å²) in [7, 11) is 0. The van der Waals surface area contributed by atoms with E-state index in [4.69, 9.17) is 19.4 Å². The van der Waals surface area contributed by atoms with Crippen molar-refractivity contribution in [2.24, 2.45) is 5.92 Å². The second-order valence-corrected chi connectivity index (χ2v) is 10.9. The van der Waals surface area contributed by atoms with E-state index >= 15 is 0 Å². The topological polar surface area (TPSA) is 73.3 Å². The summed E-state index contributed by atoms with van der Waals surface area (Å²) in [6.07, 6.45) is 5.76. The van der Waals surface area contributed by atoms with Gasteiger partial charge < -0.3 is 14.8 Å². The third-order valence-electron chi connectivity index (χ3n) is 6.25. The highest BCUT2D eigenvalue weighted by Crippen LogP contribution is 2.44. The van der Waals surface area contributed by atoms with E-state index in [2.05, 4.69) is 12.2 Å². The molecule has 3 heterocycles. The van der Waals surface area contributed by atoms with E-state index < -0.39 is 0 Å². The molecule has 3 aliphatic rings. The summed E-state index contributed by atoms with van der Waals surface area (Å²) >= 11 is 3.37. The van der Waals surface area contributed by atoms with Crippen LogP contribution in [-0.4, -0.2) is 34.8 Å². The zero-order valence-electron chi connectivity index (χ0n) is 18.0. The Hall–Kier alpha value is -2.32. The number of aromatic nitrogens is 2. The molecule has 0 radical (unpaired) electrons. The number of amides is 1. The number of aryl methyl sites for hydroxylation is 1. The van der Waals surface area contributed by atoms with Crippen molar-refractivity contribution < 1.29 is 14.3 Å². The fourth-order valence-corrected chi connectivity index (χ4v) is 6.72. The summed E-state index contributed by atoms with van der Waals surface area (Å²) in [6, 6.07) is 5.51. The Bertz CT molecular complexity index is 1200. The molecule has 6 rings (SSSR count). The average Bonchev–Trinajstić information content (AvgIpc) is 3.58. The Kier molecular flexibility index (Phi) is 5.22. The molecule has 0 saturated heterocycles. The molecule has 0 spiro atoms. The molecule has 1 aromatic carbocycles. The van der Waals surface area contributed by atoms with Gasteiger partial charge in [0.25, 0.3) is 0 Å². The minimum absolute atomic E-state index is 0.0517. The van der Waals surface area contributed by atoms with E-state index in [0.717, 1.165) is 40.2 Å². The highest BCUT2D eigenvalue weighted by atomic mass is 32.2. The van der Waals surface area contributed by atoms with Crippen LogP contribution in [0.15, 0.2) is 23.2 Å². The number of rotatable bonds is 5. The molecule has 1 saturated carbocycles. The molecular weight excluding hydrogens is 442 g/mol. The SMILES string of the molecule is C[C@@H]1CCc2c(sc3nc(C4CC4)nc(SCC(=O)Nc4ccc5c(c4)OCCO5)c23)C1. The average molecular weight is 468 g/mol. The normalized spacial score (nSPS) is 19.6. The van der Waals surface area contributed by atoms with E-state index in [1.54, 1.807) is 0 Å². The van der Waals surface area contributed by atoms with E-state index in [0.29, 0.717) is 36.3 Å². The van der Waals surface area contributed by atoms with Gasteiger partial charge >= 0.3 is 0 Å². The molecule has 3 aromatic rings. The molecule has 1 aliphatic heterocycles. The number of thioether (sulfide) groups is 1. The number of anilines is 1. The maximum atomic E-state index is 12.7. The van der Waals surface area contributed by atoms with Crippen LogP contribution in [0.25, 0.3) is 10.2 Å². The van der Waals surface area contributed by atoms with Gasteiger partial charge in [-0.3, -0.25) is 4.79 Å². The first-order valence-corrected chi connectivity index (χ1v) is 13.1. The fourth-order valence-electron chi connectivity index (χ4n) is 4.41. The van der Waals surface area contributed by atoms with Crippen LogP contribution in [0.5, 0.6) is 11.5 Å². The second-order valence-electron chi connectivity index (χ2n) is 8.89. The van der Waals surface area contributed by atoms with Gasteiger partial charge in [0.05, 0.1) is 5.75 Å². The molecule has 2 aliphatic carbocycles. The van der Waals surface area contributed by atoms with Crippen LogP contribution >= 0.6 is 23.1 Å². The first-order valence-electron chi connectivity index (χ1n) is 11.3. The number of carbonyl (C=O) groups excluding carboxylic acids is 1. The Morgan fingerprint density at radius 3 is 2.88 bits per heavy atom. The maximum Gasteiger partial charge on any atom is 0.234 e. The van der Waals surface area contributed by atoms with Gasteiger partial charge in [0.15, 0.2) is 11.5 Å². The van der Waals surface area contributed by atoms with Crippen LogP contribution in [0.1, 0.15) is 48.4 Å². The highest BCUT2D eigenvalue weighted by molar-refractivity contribution is 8.00. The van der Waals surface area contributed by atoms with Crippen LogP contribution in [0.4, 0.5) is 5.69 Å². The molecule has 2 aromatic heterocycles. The number of benzene rings is 1. The molecule has 8 heteroatoms. The van der Waals surface area contributed by atoms with Crippen LogP contribution in [-0.2, 0) is 17.6 Å². The number of nitrogens with zero attached hydrogens (tertiary/aromatic N) is 2. The standard InChI is InChI=1S/C24H25N3O3S2/c1-13-2-6-16-19(10-13)32-24-21(16)23(26-22(27-24)14-3-4-14)31-12-20(28)25-15-5-7-17-18(11-15)30-9-8-29-17/h5,7,11,13-14H,2-4,6,8-10,12H2,1H3,(H,25,28)/t13-/m1/s1. The fraction of sp³-hybridized carbons (Fsp3) is 0.458. The molecule has 0 bridgehead atoms. The molecule has 1 N–H and O–H groups in total. The number of fused-ring (bicyclic) bond motifs is 4.